The molecule has 0 unspecified atom stereocenters. The van der Waals surface area contributed by atoms with Gasteiger partial charge < -0.3 is 5.73 Å². The van der Waals surface area contributed by atoms with Gasteiger partial charge in [-0.25, -0.2) is 0 Å². The Hall–Kier alpha value is -1.88. The lowest BCUT2D eigenvalue weighted by Gasteiger charge is -2.06. The fourth-order valence-corrected chi connectivity index (χ4v) is 1.91. The van der Waals surface area contributed by atoms with E-state index in [2.05, 4.69) is 15.9 Å². The van der Waals surface area contributed by atoms with Crippen LogP contribution in [0.2, 0.25) is 0 Å². The molecule has 0 aliphatic carbocycles. The first-order valence-corrected chi connectivity index (χ1v) is 5.67. The van der Waals surface area contributed by atoms with E-state index in [0.29, 0.717) is 15.7 Å². The molecule has 0 saturated heterocycles. The van der Waals surface area contributed by atoms with E-state index in [1.165, 1.54) is 6.07 Å². The van der Waals surface area contributed by atoms with Gasteiger partial charge in [-0.2, -0.15) is 0 Å². The Kier molecular flexibility index (Phi) is 3.10. The van der Waals surface area contributed by atoms with Crippen LogP contribution in [0.3, 0.4) is 0 Å². The van der Waals surface area contributed by atoms with Gasteiger partial charge in [0.1, 0.15) is 0 Å². The number of nitrogens with two attached hydrogens (primary N) is 1. The zero-order chi connectivity index (χ0) is 12.4. The standard InChI is InChI=1S/C12H9BrN2O2/c13-10-7-12(15(16)17)9(6-11(10)14)8-4-2-1-3-5-8/h1-7H,14H2. The average Bonchev–Trinajstić information content (AvgIpc) is 2.33. The molecule has 5 heteroatoms. The third-order valence-electron chi connectivity index (χ3n) is 2.40. The van der Waals surface area contributed by atoms with Gasteiger partial charge in [0, 0.05) is 16.2 Å². The second kappa shape index (κ2) is 4.55. The van der Waals surface area contributed by atoms with Gasteiger partial charge in [0.15, 0.2) is 0 Å². The van der Waals surface area contributed by atoms with E-state index in [-0.39, 0.29) is 5.69 Å². The van der Waals surface area contributed by atoms with Crippen molar-refractivity contribution < 1.29 is 4.92 Å². The smallest absolute Gasteiger partial charge is 0.278 e. The van der Waals surface area contributed by atoms with Crippen LogP contribution >= 0.6 is 15.9 Å². The molecule has 0 bridgehead atoms. The highest BCUT2D eigenvalue weighted by atomic mass is 79.9. The predicted molar refractivity (Wildman–Crippen MR) is 70.6 cm³/mol. The average molecular weight is 293 g/mol. The van der Waals surface area contributed by atoms with Gasteiger partial charge in [-0.1, -0.05) is 30.3 Å². The minimum Gasteiger partial charge on any atom is -0.398 e. The van der Waals surface area contributed by atoms with Crippen molar-refractivity contribution in [2.45, 2.75) is 0 Å². The van der Waals surface area contributed by atoms with E-state index in [0.717, 1.165) is 5.56 Å². The van der Waals surface area contributed by atoms with E-state index in [9.17, 15) is 10.1 Å². The van der Waals surface area contributed by atoms with Crippen molar-refractivity contribution in [1.82, 2.24) is 0 Å². The van der Waals surface area contributed by atoms with E-state index >= 15 is 0 Å². The van der Waals surface area contributed by atoms with Crippen LogP contribution in [0.4, 0.5) is 11.4 Å². The Morgan fingerprint density at radius 2 is 1.82 bits per heavy atom. The second-order valence-corrected chi connectivity index (χ2v) is 4.37. The van der Waals surface area contributed by atoms with E-state index in [1.54, 1.807) is 6.07 Å². The fraction of sp³-hybridized carbons (Fsp3) is 0. The summed E-state index contributed by atoms with van der Waals surface area (Å²) < 4.78 is 0.531. The first-order chi connectivity index (χ1) is 8.09. The molecule has 0 aliphatic rings. The van der Waals surface area contributed by atoms with E-state index in [1.807, 2.05) is 30.3 Å². The van der Waals surface area contributed by atoms with Crippen LogP contribution in [0.15, 0.2) is 46.9 Å². The summed E-state index contributed by atoms with van der Waals surface area (Å²) in [5.74, 6) is 0. The topological polar surface area (TPSA) is 69.2 Å². The van der Waals surface area contributed by atoms with Crippen molar-refractivity contribution >= 4 is 27.3 Å². The molecule has 4 nitrogen and oxygen atoms in total. The first-order valence-electron chi connectivity index (χ1n) is 4.88. The third-order valence-corrected chi connectivity index (χ3v) is 3.08. The van der Waals surface area contributed by atoms with Crippen molar-refractivity contribution in [1.29, 1.82) is 0 Å². The molecule has 2 rings (SSSR count). The summed E-state index contributed by atoms with van der Waals surface area (Å²) >= 11 is 3.19. The number of hydrogen-bond acceptors (Lipinski definition) is 3. The molecule has 0 spiro atoms. The second-order valence-electron chi connectivity index (χ2n) is 3.51. The van der Waals surface area contributed by atoms with Crippen LogP contribution in [0.5, 0.6) is 0 Å². The lowest BCUT2D eigenvalue weighted by molar-refractivity contribution is -0.384. The summed E-state index contributed by atoms with van der Waals surface area (Å²) in [6.45, 7) is 0. The summed E-state index contributed by atoms with van der Waals surface area (Å²) in [4.78, 5) is 10.6. The van der Waals surface area contributed by atoms with Gasteiger partial charge in [0.25, 0.3) is 5.69 Å². The molecule has 0 saturated carbocycles. The van der Waals surface area contributed by atoms with E-state index < -0.39 is 4.92 Å². The molecular weight excluding hydrogens is 284 g/mol. The Morgan fingerprint density at radius 3 is 2.41 bits per heavy atom. The molecular formula is C12H9BrN2O2. The maximum absolute atomic E-state index is 11.0. The number of hydrogen-bond donors (Lipinski definition) is 1. The number of anilines is 1. The van der Waals surface area contributed by atoms with Crippen LogP contribution < -0.4 is 5.73 Å². The molecule has 2 aromatic carbocycles. The highest BCUT2D eigenvalue weighted by Gasteiger charge is 2.17. The number of nitrogens with zero attached hydrogens (tertiary/aromatic N) is 1. The molecule has 86 valence electrons. The molecule has 0 fully saturated rings. The monoisotopic (exact) mass is 292 g/mol. The number of nitro groups is 1. The summed E-state index contributed by atoms with van der Waals surface area (Å²) in [5.41, 5.74) is 7.58. The molecule has 0 radical (unpaired) electrons. The molecule has 0 heterocycles. The SMILES string of the molecule is Nc1cc(-c2ccccc2)c([N+](=O)[O-])cc1Br. The van der Waals surface area contributed by atoms with Gasteiger partial charge in [-0.15, -0.1) is 0 Å². The number of benzene rings is 2. The van der Waals surface area contributed by atoms with Gasteiger partial charge in [-0.3, -0.25) is 10.1 Å². The Morgan fingerprint density at radius 1 is 1.18 bits per heavy atom. The lowest BCUT2D eigenvalue weighted by Crippen LogP contribution is -1.95. The molecule has 0 amide bonds. The maximum atomic E-state index is 11.0. The van der Waals surface area contributed by atoms with Crippen molar-refractivity contribution in [3.05, 3.63) is 57.1 Å². The quantitative estimate of drug-likeness (QED) is 0.522. The summed E-state index contributed by atoms with van der Waals surface area (Å²) in [5, 5.41) is 11.0. The minimum absolute atomic E-state index is 0.0391. The van der Waals surface area contributed by atoms with Gasteiger partial charge in [-0.05, 0) is 27.6 Å². The zero-order valence-corrected chi connectivity index (χ0v) is 10.3. The lowest BCUT2D eigenvalue weighted by atomic mass is 10.0. The van der Waals surface area contributed by atoms with Crippen LogP contribution in [0, 0.1) is 10.1 Å². The largest absolute Gasteiger partial charge is 0.398 e. The maximum Gasteiger partial charge on any atom is 0.278 e. The van der Waals surface area contributed by atoms with E-state index in [4.69, 9.17) is 5.73 Å². The summed E-state index contributed by atoms with van der Waals surface area (Å²) in [7, 11) is 0. The summed E-state index contributed by atoms with van der Waals surface area (Å²) in [6, 6.07) is 12.2. The molecule has 0 atom stereocenters. The highest BCUT2D eigenvalue weighted by Crippen LogP contribution is 2.35. The Balaban J connectivity index is 2.68. The van der Waals surface area contributed by atoms with Crippen LogP contribution in [0.25, 0.3) is 11.1 Å². The van der Waals surface area contributed by atoms with Crippen LogP contribution in [-0.4, -0.2) is 4.92 Å². The zero-order valence-electron chi connectivity index (χ0n) is 8.76. The molecule has 0 aromatic heterocycles. The highest BCUT2D eigenvalue weighted by molar-refractivity contribution is 9.10. The van der Waals surface area contributed by atoms with Gasteiger partial charge in [0.05, 0.1) is 10.5 Å². The van der Waals surface area contributed by atoms with Crippen LogP contribution in [0.1, 0.15) is 0 Å². The predicted octanol–water partition coefficient (Wildman–Crippen LogP) is 3.61. The molecule has 0 aliphatic heterocycles. The number of rotatable bonds is 2. The van der Waals surface area contributed by atoms with Crippen molar-refractivity contribution in [3.63, 3.8) is 0 Å². The van der Waals surface area contributed by atoms with Crippen molar-refractivity contribution in [2.75, 3.05) is 5.73 Å². The molecule has 17 heavy (non-hydrogen) atoms. The molecule has 2 N–H and O–H groups in total. The first kappa shape index (κ1) is 11.6. The Bertz CT molecular complexity index is 570. The number of nitrogen functional groups attached to an aromatic ring is 1. The fourth-order valence-electron chi connectivity index (χ4n) is 1.58. The molecule has 2 aromatic rings. The number of halogens is 1. The van der Waals surface area contributed by atoms with Gasteiger partial charge in [0.2, 0.25) is 0 Å². The van der Waals surface area contributed by atoms with Crippen molar-refractivity contribution in [3.8, 4) is 11.1 Å². The third kappa shape index (κ3) is 2.29. The normalized spacial score (nSPS) is 10.2. The Labute approximate surface area is 106 Å². The summed E-state index contributed by atoms with van der Waals surface area (Å²) in [6.07, 6.45) is 0. The van der Waals surface area contributed by atoms with Crippen molar-refractivity contribution in [2.24, 2.45) is 0 Å². The van der Waals surface area contributed by atoms with Crippen LogP contribution in [-0.2, 0) is 0 Å². The van der Waals surface area contributed by atoms with Gasteiger partial charge >= 0.3 is 0 Å². The number of nitro benzene ring substituents is 1. The minimum atomic E-state index is -0.410.